The number of benzene rings is 1. The Morgan fingerprint density at radius 2 is 1.93 bits per heavy atom. The van der Waals surface area contributed by atoms with Crippen molar-refractivity contribution in [1.29, 1.82) is 0 Å². The minimum absolute atomic E-state index is 0.0241. The van der Waals surface area contributed by atoms with Crippen molar-refractivity contribution in [1.82, 2.24) is 10.6 Å². The summed E-state index contributed by atoms with van der Waals surface area (Å²) in [4.78, 5) is 23.1. The van der Waals surface area contributed by atoms with Crippen molar-refractivity contribution in [2.45, 2.75) is 17.9 Å². The van der Waals surface area contributed by atoms with Gasteiger partial charge in [-0.05, 0) is 29.2 Å². The van der Waals surface area contributed by atoms with Crippen LogP contribution in [-0.2, 0) is 0 Å². The van der Waals surface area contributed by atoms with Crippen molar-refractivity contribution in [2.24, 2.45) is 5.92 Å². The van der Waals surface area contributed by atoms with Crippen LogP contribution < -0.4 is 10.6 Å². The molecule has 0 saturated carbocycles. The summed E-state index contributed by atoms with van der Waals surface area (Å²) < 4.78 is 41.3. The summed E-state index contributed by atoms with van der Waals surface area (Å²) in [6.45, 7) is 0. The number of carbonyl (C=O) groups excluding carboxylic acids is 1. The number of rotatable bonds is 4. The molecule has 7 nitrogen and oxygen atoms in total. The predicted molar refractivity (Wildman–Crippen MR) is 97.9 cm³/mol. The van der Waals surface area contributed by atoms with Gasteiger partial charge in [-0.3, -0.25) is 14.9 Å². The smallest absolute Gasteiger partial charge is 0.363 e. The minimum atomic E-state index is -5.23. The Kier molecular flexibility index (Phi) is 5.12. The average molecular weight is 431 g/mol. The zero-order chi connectivity index (χ0) is 20.7. The summed E-state index contributed by atoms with van der Waals surface area (Å²) in [5, 5.41) is 26.7. The van der Waals surface area contributed by atoms with Crippen molar-refractivity contribution in [3.05, 3.63) is 62.3 Å². The number of ketones is 1. The Balaban J connectivity index is 2.12. The Morgan fingerprint density at radius 3 is 2.43 bits per heavy atom. The van der Waals surface area contributed by atoms with Gasteiger partial charge in [-0.15, -0.1) is 11.3 Å². The number of nitro benzene ring substituents is 1. The molecule has 0 amide bonds. The van der Waals surface area contributed by atoms with Gasteiger partial charge in [0, 0.05) is 12.1 Å². The third-order valence-electron chi connectivity index (χ3n) is 4.32. The molecule has 1 aromatic carbocycles. The maximum Gasteiger partial charge on any atom is 0.437 e. The molecule has 2 aromatic rings. The number of hydrogen-bond donors (Lipinski definition) is 3. The highest BCUT2D eigenvalue weighted by Crippen LogP contribution is 2.44. The molecule has 2 heterocycles. The molecule has 1 aliphatic heterocycles. The van der Waals surface area contributed by atoms with E-state index in [1.807, 2.05) is 0 Å². The van der Waals surface area contributed by atoms with E-state index in [0.29, 0.717) is 0 Å². The predicted octanol–water partition coefficient (Wildman–Crippen LogP) is 2.93. The highest BCUT2D eigenvalue weighted by atomic mass is 32.1. The standard InChI is InChI=1S/C16H12F3N3O4S2/c17-16(18,19)15(24)11(13(23)10-2-1-7-28-10)12(20-14(27)21-15)8-3-5-9(6-4-8)22(25)26/h1-7,11-12,24H,(H2,20,21,27)/t11-,12-,15+/m1/s1. The third kappa shape index (κ3) is 3.45. The summed E-state index contributed by atoms with van der Waals surface area (Å²) in [5.41, 5.74) is -3.76. The van der Waals surface area contributed by atoms with Crippen LogP contribution in [0.1, 0.15) is 21.3 Å². The largest absolute Gasteiger partial charge is 0.437 e. The molecule has 0 radical (unpaired) electrons. The SMILES string of the molecule is O=C(c1cccs1)[C@H]1[C@@H](c2ccc([N+](=O)[O-])cc2)NC(=S)N[C@@]1(O)C(F)(F)F. The van der Waals surface area contributed by atoms with Crippen molar-refractivity contribution < 1.29 is 28.0 Å². The fraction of sp³-hybridized carbons (Fsp3) is 0.250. The van der Waals surface area contributed by atoms with Gasteiger partial charge in [0.1, 0.15) is 5.92 Å². The molecule has 0 unspecified atom stereocenters. The molecule has 3 N–H and O–H groups in total. The Morgan fingerprint density at radius 1 is 1.29 bits per heavy atom. The lowest BCUT2D eigenvalue weighted by atomic mass is 9.78. The van der Waals surface area contributed by atoms with Crippen LogP contribution in [0.5, 0.6) is 0 Å². The first-order chi connectivity index (χ1) is 13.0. The Bertz CT molecular complexity index is 918. The third-order valence-corrected chi connectivity index (χ3v) is 5.42. The van der Waals surface area contributed by atoms with E-state index in [9.17, 15) is 33.2 Å². The first-order valence-corrected chi connectivity index (χ1v) is 9.03. The van der Waals surface area contributed by atoms with Crippen molar-refractivity contribution >= 4 is 40.1 Å². The lowest BCUT2D eigenvalue weighted by Crippen LogP contribution is -2.72. The van der Waals surface area contributed by atoms with E-state index in [1.165, 1.54) is 29.6 Å². The van der Waals surface area contributed by atoms with Crippen LogP contribution in [0.2, 0.25) is 0 Å². The van der Waals surface area contributed by atoms with Crippen LogP contribution in [0.3, 0.4) is 0 Å². The van der Waals surface area contributed by atoms with Crippen LogP contribution in [0.4, 0.5) is 18.9 Å². The number of non-ortho nitro benzene ring substituents is 1. The summed E-state index contributed by atoms with van der Waals surface area (Å²) in [5.74, 6) is -2.97. The molecule has 3 rings (SSSR count). The van der Waals surface area contributed by atoms with Crippen LogP contribution in [0.25, 0.3) is 0 Å². The molecular weight excluding hydrogens is 419 g/mol. The molecule has 1 aromatic heterocycles. The average Bonchev–Trinajstić information content (AvgIpc) is 3.14. The second-order valence-corrected chi connectivity index (χ2v) is 7.36. The second kappa shape index (κ2) is 7.11. The van der Waals surface area contributed by atoms with E-state index < -0.39 is 39.7 Å². The normalized spacial score (nSPS) is 24.9. The van der Waals surface area contributed by atoms with Gasteiger partial charge >= 0.3 is 6.18 Å². The molecule has 1 aliphatic rings. The molecule has 0 bridgehead atoms. The van der Waals surface area contributed by atoms with Gasteiger partial charge in [0.2, 0.25) is 5.72 Å². The molecule has 12 heteroatoms. The molecule has 1 saturated heterocycles. The zero-order valence-corrected chi connectivity index (χ0v) is 15.4. The highest BCUT2D eigenvalue weighted by molar-refractivity contribution is 7.80. The van der Waals surface area contributed by atoms with Crippen LogP contribution in [0, 0.1) is 16.0 Å². The summed E-state index contributed by atoms with van der Waals surface area (Å²) >= 11 is 5.74. The first kappa shape index (κ1) is 20.2. The quantitative estimate of drug-likeness (QED) is 0.296. The van der Waals surface area contributed by atoms with E-state index in [2.05, 4.69) is 5.32 Å². The molecule has 3 atom stereocenters. The van der Waals surface area contributed by atoms with E-state index in [1.54, 1.807) is 5.32 Å². The molecular formula is C16H12F3N3O4S2. The minimum Gasteiger partial charge on any atom is -0.363 e. The lowest BCUT2D eigenvalue weighted by molar-refractivity contribution is -0.384. The molecule has 28 heavy (non-hydrogen) atoms. The second-order valence-electron chi connectivity index (χ2n) is 6.01. The van der Waals surface area contributed by atoms with Gasteiger partial charge < -0.3 is 15.7 Å². The van der Waals surface area contributed by atoms with Gasteiger partial charge in [-0.1, -0.05) is 18.2 Å². The fourth-order valence-electron chi connectivity index (χ4n) is 2.99. The lowest BCUT2D eigenvalue weighted by Gasteiger charge is -2.46. The molecule has 0 spiro atoms. The van der Waals surface area contributed by atoms with Crippen molar-refractivity contribution in [3.63, 3.8) is 0 Å². The van der Waals surface area contributed by atoms with Crippen molar-refractivity contribution in [2.75, 3.05) is 0 Å². The summed E-state index contributed by atoms with van der Waals surface area (Å²) in [7, 11) is 0. The van der Waals surface area contributed by atoms with E-state index in [-0.39, 0.29) is 16.1 Å². The van der Waals surface area contributed by atoms with Crippen molar-refractivity contribution in [3.8, 4) is 0 Å². The Hall–Kier alpha value is -2.57. The number of nitrogens with one attached hydrogen (secondary N) is 2. The van der Waals surface area contributed by atoms with Crippen LogP contribution in [-0.4, -0.2) is 32.8 Å². The number of nitro groups is 1. The van der Waals surface area contributed by atoms with E-state index in [4.69, 9.17) is 12.2 Å². The number of halogens is 3. The first-order valence-electron chi connectivity index (χ1n) is 7.74. The monoisotopic (exact) mass is 431 g/mol. The maximum absolute atomic E-state index is 13.8. The number of Topliss-reactive ketones (excluding diaryl/α,β-unsaturated/α-hetero) is 1. The van der Waals surface area contributed by atoms with Gasteiger partial charge in [-0.2, -0.15) is 13.2 Å². The van der Waals surface area contributed by atoms with Gasteiger partial charge in [-0.25, -0.2) is 0 Å². The number of nitrogens with zero attached hydrogens (tertiary/aromatic N) is 1. The molecule has 1 fully saturated rings. The number of carbonyl (C=O) groups is 1. The van der Waals surface area contributed by atoms with Crippen LogP contribution in [0.15, 0.2) is 41.8 Å². The Labute approximate surface area is 165 Å². The van der Waals surface area contributed by atoms with Crippen LogP contribution >= 0.6 is 23.6 Å². The summed E-state index contributed by atoms with van der Waals surface area (Å²) in [6, 6.07) is 6.12. The fourth-order valence-corrected chi connectivity index (χ4v) is 3.98. The van der Waals surface area contributed by atoms with Gasteiger partial charge in [0.05, 0.1) is 15.8 Å². The number of aliphatic hydroxyl groups is 1. The maximum atomic E-state index is 13.8. The van der Waals surface area contributed by atoms with Gasteiger partial charge in [0.25, 0.3) is 5.69 Å². The number of hydrogen-bond acceptors (Lipinski definition) is 6. The number of thiophene rings is 1. The number of thiocarbonyl (C=S) groups is 1. The molecule has 148 valence electrons. The zero-order valence-electron chi connectivity index (χ0n) is 13.8. The van der Waals surface area contributed by atoms with E-state index >= 15 is 0 Å². The number of alkyl halides is 3. The summed E-state index contributed by atoms with van der Waals surface area (Å²) in [6.07, 6.45) is -5.23. The van der Waals surface area contributed by atoms with E-state index in [0.717, 1.165) is 23.5 Å². The molecule has 0 aliphatic carbocycles. The van der Waals surface area contributed by atoms with Gasteiger partial charge in [0.15, 0.2) is 10.9 Å². The topological polar surface area (TPSA) is 104 Å². The highest BCUT2D eigenvalue weighted by Gasteiger charge is 2.65.